The van der Waals surface area contributed by atoms with Crippen molar-refractivity contribution in [2.24, 2.45) is 4.99 Å². The second-order valence-corrected chi connectivity index (χ2v) is 2.02. The molecule has 0 unspecified atom stereocenters. The van der Waals surface area contributed by atoms with Crippen LogP contribution in [-0.2, 0) is 9.59 Å². The first-order valence-electron chi connectivity index (χ1n) is 2.83. The Morgan fingerprint density at radius 2 is 1.92 bits per heavy atom. The molecule has 2 N–H and O–H groups in total. The summed E-state index contributed by atoms with van der Waals surface area (Å²) in [7, 11) is 0. The Bertz CT molecular complexity index is 253. The summed E-state index contributed by atoms with van der Waals surface area (Å²) >= 11 is 0. The van der Waals surface area contributed by atoms with Gasteiger partial charge in [-0.25, -0.2) is 9.59 Å². The molecule has 0 saturated carbocycles. The Balaban J connectivity index is 0.00000121. The number of carboxylic acids is 2. The maximum atomic E-state index is 10.2. The van der Waals surface area contributed by atoms with Gasteiger partial charge in [-0.1, -0.05) is 0 Å². The summed E-state index contributed by atoms with van der Waals surface area (Å²) in [6.07, 6.45) is 0.969. The van der Waals surface area contributed by atoms with Crippen molar-refractivity contribution >= 4 is 30.1 Å². The first-order valence-corrected chi connectivity index (χ1v) is 2.83. The summed E-state index contributed by atoms with van der Waals surface area (Å²) in [6, 6.07) is 0. The standard InChI is InChI=1S/C6H5NO4.ClH/c8-5(9)3-1-4(6(10)11)7-2-3;/h2H,1H2,(H,8,9)(H,10,11);1H. The molecule has 0 radical (unpaired) electrons. The van der Waals surface area contributed by atoms with Crippen LogP contribution in [0.3, 0.4) is 0 Å². The summed E-state index contributed by atoms with van der Waals surface area (Å²) in [5, 5.41) is 16.7. The van der Waals surface area contributed by atoms with Gasteiger partial charge in [-0.2, -0.15) is 0 Å². The molecule has 0 aromatic heterocycles. The molecule has 0 saturated heterocycles. The van der Waals surface area contributed by atoms with Crippen LogP contribution in [0.5, 0.6) is 0 Å². The van der Waals surface area contributed by atoms with E-state index in [2.05, 4.69) is 4.99 Å². The largest absolute Gasteiger partial charge is 0.478 e. The van der Waals surface area contributed by atoms with E-state index in [1.165, 1.54) is 0 Å². The van der Waals surface area contributed by atoms with Crippen LogP contribution >= 0.6 is 12.4 Å². The van der Waals surface area contributed by atoms with E-state index >= 15 is 0 Å². The minimum atomic E-state index is -1.17. The monoisotopic (exact) mass is 191 g/mol. The highest BCUT2D eigenvalue weighted by Crippen LogP contribution is 2.11. The van der Waals surface area contributed by atoms with Gasteiger partial charge in [-0.3, -0.25) is 4.99 Å². The molecule has 1 rings (SSSR count). The molecule has 1 aliphatic heterocycles. The van der Waals surface area contributed by atoms with E-state index in [1.807, 2.05) is 0 Å². The maximum Gasteiger partial charge on any atom is 0.350 e. The van der Waals surface area contributed by atoms with Crippen molar-refractivity contribution in [2.45, 2.75) is 6.42 Å². The van der Waals surface area contributed by atoms with Crippen molar-refractivity contribution in [2.75, 3.05) is 0 Å². The first kappa shape index (κ1) is 10.6. The number of rotatable bonds is 2. The second kappa shape index (κ2) is 3.87. The molecule has 1 heterocycles. The number of nitrogens with zero attached hydrogens (tertiary/aromatic N) is 1. The normalized spacial score (nSPS) is 14.3. The predicted octanol–water partition coefficient (Wildman–Crippen LogP) is 0.306. The molecule has 0 spiro atoms. The van der Waals surface area contributed by atoms with Gasteiger partial charge in [0.05, 0.1) is 5.57 Å². The molecule has 0 fully saturated rings. The highest BCUT2D eigenvalue weighted by Gasteiger charge is 2.20. The van der Waals surface area contributed by atoms with Gasteiger partial charge in [-0.05, 0) is 0 Å². The van der Waals surface area contributed by atoms with Crippen LogP contribution in [0.2, 0.25) is 0 Å². The van der Waals surface area contributed by atoms with Crippen molar-refractivity contribution in [1.29, 1.82) is 0 Å². The third-order valence-electron chi connectivity index (χ3n) is 1.26. The molecule has 0 aromatic rings. The highest BCUT2D eigenvalue weighted by molar-refractivity contribution is 6.37. The third kappa shape index (κ3) is 2.06. The third-order valence-corrected chi connectivity index (χ3v) is 1.26. The lowest BCUT2D eigenvalue weighted by Gasteiger charge is -1.91. The highest BCUT2D eigenvalue weighted by atomic mass is 35.5. The average Bonchev–Trinajstić information content (AvgIpc) is 2.33. The molecular formula is C6H6ClNO4. The number of aliphatic imine (C=N–C) groups is 1. The number of hydrogen-bond acceptors (Lipinski definition) is 3. The van der Waals surface area contributed by atoms with E-state index in [0.29, 0.717) is 0 Å². The number of hydrogen-bond donors (Lipinski definition) is 2. The van der Waals surface area contributed by atoms with Crippen molar-refractivity contribution in [3.05, 3.63) is 11.8 Å². The van der Waals surface area contributed by atoms with E-state index in [4.69, 9.17) is 10.2 Å². The van der Waals surface area contributed by atoms with Crippen molar-refractivity contribution < 1.29 is 19.8 Å². The summed E-state index contributed by atoms with van der Waals surface area (Å²) in [5.41, 5.74) is -0.107. The predicted molar refractivity (Wildman–Crippen MR) is 42.7 cm³/mol. The molecule has 5 nitrogen and oxygen atoms in total. The maximum absolute atomic E-state index is 10.2. The molecule has 0 bridgehead atoms. The Labute approximate surface area is 73.8 Å². The van der Waals surface area contributed by atoms with E-state index in [1.54, 1.807) is 0 Å². The summed E-state index contributed by atoms with van der Waals surface area (Å²) in [5.74, 6) is -2.29. The van der Waals surface area contributed by atoms with Crippen LogP contribution in [0.25, 0.3) is 0 Å². The topological polar surface area (TPSA) is 87.0 Å². The van der Waals surface area contributed by atoms with Gasteiger partial charge in [0, 0.05) is 12.6 Å². The Morgan fingerprint density at radius 1 is 1.33 bits per heavy atom. The van der Waals surface area contributed by atoms with E-state index in [-0.39, 0.29) is 30.1 Å². The molecule has 1 aliphatic rings. The van der Waals surface area contributed by atoms with Crippen LogP contribution in [0.1, 0.15) is 6.42 Å². The zero-order valence-electron chi connectivity index (χ0n) is 5.85. The molecule has 0 amide bonds. The van der Waals surface area contributed by atoms with Crippen LogP contribution in [0.4, 0.5) is 0 Å². The molecule has 0 aliphatic carbocycles. The van der Waals surface area contributed by atoms with Gasteiger partial charge in [0.25, 0.3) is 0 Å². The number of carbonyl (C=O) groups is 2. The van der Waals surface area contributed by atoms with Crippen LogP contribution in [-0.4, -0.2) is 27.9 Å². The average molecular weight is 192 g/mol. The first-order chi connectivity index (χ1) is 5.11. The summed E-state index contributed by atoms with van der Waals surface area (Å²) in [4.78, 5) is 23.9. The minimum absolute atomic E-state index is 0. The fraction of sp³-hybridized carbons (Fsp3) is 0.167. The zero-order valence-corrected chi connectivity index (χ0v) is 6.67. The molecule has 0 aromatic carbocycles. The SMILES string of the molecule is Cl.O=C(O)C1=CN=C(C(=O)O)C1. The Hall–Kier alpha value is -1.36. The fourth-order valence-corrected chi connectivity index (χ4v) is 0.689. The summed E-state index contributed by atoms with van der Waals surface area (Å²) in [6.45, 7) is 0. The number of carboxylic acid groups (broad SMARTS) is 2. The summed E-state index contributed by atoms with van der Waals surface area (Å²) < 4.78 is 0. The minimum Gasteiger partial charge on any atom is -0.478 e. The smallest absolute Gasteiger partial charge is 0.350 e. The van der Waals surface area contributed by atoms with Gasteiger partial charge in [0.1, 0.15) is 5.71 Å². The Kier molecular flexibility index (Phi) is 3.43. The molecule has 12 heavy (non-hydrogen) atoms. The van der Waals surface area contributed by atoms with Crippen molar-refractivity contribution in [3.63, 3.8) is 0 Å². The van der Waals surface area contributed by atoms with E-state index < -0.39 is 11.9 Å². The molecule has 66 valence electrons. The van der Waals surface area contributed by atoms with Crippen LogP contribution in [0, 0.1) is 0 Å². The zero-order chi connectivity index (χ0) is 8.43. The number of aliphatic carboxylic acids is 2. The lowest BCUT2D eigenvalue weighted by Crippen LogP contribution is -2.12. The van der Waals surface area contributed by atoms with Gasteiger partial charge < -0.3 is 10.2 Å². The Morgan fingerprint density at radius 3 is 2.17 bits per heavy atom. The molecule has 6 heteroatoms. The van der Waals surface area contributed by atoms with Gasteiger partial charge in [0.2, 0.25) is 0 Å². The van der Waals surface area contributed by atoms with Gasteiger partial charge >= 0.3 is 11.9 Å². The van der Waals surface area contributed by atoms with Gasteiger partial charge in [-0.15, -0.1) is 12.4 Å². The van der Waals surface area contributed by atoms with E-state index in [9.17, 15) is 9.59 Å². The van der Waals surface area contributed by atoms with Crippen LogP contribution < -0.4 is 0 Å². The molecular weight excluding hydrogens is 186 g/mol. The molecule has 0 atom stereocenters. The van der Waals surface area contributed by atoms with Crippen molar-refractivity contribution in [1.82, 2.24) is 0 Å². The second-order valence-electron chi connectivity index (χ2n) is 2.02. The number of halogens is 1. The lowest BCUT2D eigenvalue weighted by atomic mass is 10.2. The quantitative estimate of drug-likeness (QED) is 0.658. The van der Waals surface area contributed by atoms with Crippen molar-refractivity contribution in [3.8, 4) is 0 Å². The van der Waals surface area contributed by atoms with E-state index in [0.717, 1.165) is 6.20 Å². The fourth-order valence-electron chi connectivity index (χ4n) is 0.689. The van der Waals surface area contributed by atoms with Gasteiger partial charge in [0.15, 0.2) is 0 Å². The van der Waals surface area contributed by atoms with Crippen LogP contribution in [0.15, 0.2) is 16.8 Å². The lowest BCUT2D eigenvalue weighted by molar-refractivity contribution is -0.132.